The fraction of sp³-hybridized carbons (Fsp3) is 0.429. The summed E-state index contributed by atoms with van der Waals surface area (Å²) in [6.45, 7) is 1.89. The van der Waals surface area contributed by atoms with E-state index in [1.54, 1.807) is 24.5 Å². The predicted octanol–water partition coefficient (Wildman–Crippen LogP) is 1.07. The van der Waals surface area contributed by atoms with Crippen molar-refractivity contribution in [2.75, 3.05) is 17.3 Å². The van der Waals surface area contributed by atoms with Crippen molar-refractivity contribution in [3.05, 3.63) is 29.3 Å². The van der Waals surface area contributed by atoms with Crippen LogP contribution in [0.25, 0.3) is 0 Å². The van der Waals surface area contributed by atoms with Gasteiger partial charge >= 0.3 is 0 Å². The average molecular weight is 294 g/mol. The highest BCUT2D eigenvalue weighted by molar-refractivity contribution is 7.84. The Balaban J connectivity index is 1.98. The van der Waals surface area contributed by atoms with Gasteiger partial charge in [0, 0.05) is 40.1 Å². The molecule has 1 aromatic carbocycles. The molecule has 2 atom stereocenters. The number of hydrogen-bond acceptors (Lipinski definition) is 3. The normalized spacial score (nSPS) is 16.2. The molecule has 5 nitrogen and oxygen atoms in total. The fourth-order valence-corrected chi connectivity index (χ4v) is 2.78. The van der Waals surface area contributed by atoms with E-state index in [1.807, 2.05) is 6.92 Å². The number of nitrogens with one attached hydrogen (secondary N) is 2. The summed E-state index contributed by atoms with van der Waals surface area (Å²) in [5.41, 5.74) is 2.18. The third-order valence-corrected chi connectivity index (χ3v) is 4.02. The molecule has 0 fully saturated rings. The van der Waals surface area contributed by atoms with Gasteiger partial charge in [0.2, 0.25) is 5.91 Å². The second kappa shape index (κ2) is 6.17. The van der Waals surface area contributed by atoms with Crippen molar-refractivity contribution < 1.29 is 13.8 Å². The maximum Gasteiger partial charge on any atom is 0.251 e. The third-order valence-electron chi connectivity index (χ3n) is 3.21. The molecule has 0 spiro atoms. The molecule has 1 aromatic rings. The molecule has 1 heterocycles. The lowest BCUT2D eigenvalue weighted by molar-refractivity contribution is -0.115. The minimum atomic E-state index is -0.846. The number of carbonyl (C=O) groups is 2. The van der Waals surface area contributed by atoms with Gasteiger partial charge in [0.15, 0.2) is 0 Å². The zero-order chi connectivity index (χ0) is 14.7. The van der Waals surface area contributed by atoms with Crippen LogP contribution in [0.4, 0.5) is 5.69 Å². The predicted molar refractivity (Wildman–Crippen MR) is 79.3 cm³/mol. The topological polar surface area (TPSA) is 75.3 Å². The second-order valence-corrected chi connectivity index (χ2v) is 6.59. The Labute approximate surface area is 120 Å². The minimum absolute atomic E-state index is 0.0283. The van der Waals surface area contributed by atoms with Crippen LogP contribution < -0.4 is 10.6 Å². The molecule has 0 aromatic heterocycles. The van der Waals surface area contributed by atoms with Crippen molar-refractivity contribution in [2.24, 2.45) is 0 Å². The van der Waals surface area contributed by atoms with Crippen molar-refractivity contribution in [1.29, 1.82) is 0 Å². The van der Waals surface area contributed by atoms with Gasteiger partial charge in [-0.1, -0.05) is 0 Å². The van der Waals surface area contributed by atoms with E-state index in [-0.39, 0.29) is 17.9 Å². The molecular weight excluding hydrogens is 276 g/mol. The Hall–Kier alpha value is -1.69. The Bertz CT molecular complexity index is 572. The summed E-state index contributed by atoms with van der Waals surface area (Å²) < 4.78 is 11.0. The molecule has 0 saturated carbocycles. The van der Waals surface area contributed by atoms with Crippen LogP contribution in [0.1, 0.15) is 29.3 Å². The summed E-state index contributed by atoms with van der Waals surface area (Å²) in [6.07, 6.45) is 2.65. The lowest BCUT2D eigenvalue weighted by atomic mass is 10.1. The zero-order valence-electron chi connectivity index (χ0n) is 11.6. The van der Waals surface area contributed by atoms with Crippen molar-refractivity contribution in [1.82, 2.24) is 5.32 Å². The first-order chi connectivity index (χ1) is 9.45. The van der Waals surface area contributed by atoms with Crippen LogP contribution in [0, 0.1) is 0 Å². The van der Waals surface area contributed by atoms with Gasteiger partial charge in [0.1, 0.15) is 0 Å². The number of benzene rings is 1. The molecule has 108 valence electrons. The van der Waals surface area contributed by atoms with Crippen molar-refractivity contribution in [2.45, 2.75) is 25.8 Å². The molecule has 0 bridgehead atoms. The van der Waals surface area contributed by atoms with Gasteiger partial charge in [0.05, 0.1) is 6.42 Å². The van der Waals surface area contributed by atoms with Crippen molar-refractivity contribution in [3.63, 3.8) is 0 Å². The smallest absolute Gasteiger partial charge is 0.251 e. The summed E-state index contributed by atoms with van der Waals surface area (Å²) in [7, 11) is -0.846. The first kappa shape index (κ1) is 14.7. The molecule has 1 aliphatic rings. The van der Waals surface area contributed by atoms with Crippen LogP contribution in [0.5, 0.6) is 0 Å². The van der Waals surface area contributed by atoms with Crippen LogP contribution in [-0.2, 0) is 22.0 Å². The fourth-order valence-electron chi connectivity index (χ4n) is 2.09. The molecule has 6 heteroatoms. The van der Waals surface area contributed by atoms with E-state index in [0.29, 0.717) is 24.2 Å². The van der Waals surface area contributed by atoms with Crippen LogP contribution in [0.15, 0.2) is 18.2 Å². The average Bonchev–Trinajstić information content (AvgIpc) is 2.75. The SMILES string of the molecule is CC(CCS(C)=O)NC(=O)c1ccc2c(c1)CC(=O)N2. The summed E-state index contributed by atoms with van der Waals surface area (Å²) in [5, 5.41) is 5.61. The molecule has 1 aliphatic heterocycles. The number of rotatable bonds is 5. The molecule has 2 N–H and O–H groups in total. The highest BCUT2D eigenvalue weighted by atomic mass is 32.2. The number of anilines is 1. The Kier molecular flexibility index (Phi) is 4.54. The number of amides is 2. The third kappa shape index (κ3) is 3.66. The summed E-state index contributed by atoms with van der Waals surface area (Å²) in [6, 6.07) is 5.16. The quantitative estimate of drug-likeness (QED) is 0.853. The summed E-state index contributed by atoms with van der Waals surface area (Å²) in [5.74, 6) is 0.363. The molecule has 2 amide bonds. The van der Waals surface area contributed by atoms with Gasteiger partial charge in [-0.15, -0.1) is 0 Å². The summed E-state index contributed by atoms with van der Waals surface area (Å²) >= 11 is 0. The molecule has 2 unspecified atom stereocenters. The van der Waals surface area contributed by atoms with Crippen LogP contribution in [-0.4, -0.2) is 34.1 Å². The first-order valence-electron chi connectivity index (χ1n) is 6.49. The van der Waals surface area contributed by atoms with Crippen molar-refractivity contribution >= 4 is 28.3 Å². The number of carbonyl (C=O) groups excluding carboxylic acids is 2. The second-order valence-electron chi connectivity index (χ2n) is 5.04. The van der Waals surface area contributed by atoms with E-state index >= 15 is 0 Å². The Morgan fingerprint density at radius 3 is 2.95 bits per heavy atom. The van der Waals surface area contributed by atoms with Crippen LogP contribution in [0.2, 0.25) is 0 Å². The van der Waals surface area contributed by atoms with Crippen LogP contribution in [0.3, 0.4) is 0 Å². The number of hydrogen-bond donors (Lipinski definition) is 2. The lowest BCUT2D eigenvalue weighted by Gasteiger charge is -2.13. The van der Waals surface area contributed by atoms with Crippen molar-refractivity contribution in [3.8, 4) is 0 Å². The van der Waals surface area contributed by atoms with Gasteiger partial charge in [-0.3, -0.25) is 13.8 Å². The molecule has 20 heavy (non-hydrogen) atoms. The lowest BCUT2D eigenvalue weighted by Crippen LogP contribution is -2.33. The highest BCUT2D eigenvalue weighted by Crippen LogP contribution is 2.23. The van der Waals surface area contributed by atoms with Gasteiger partial charge in [-0.25, -0.2) is 0 Å². The van der Waals surface area contributed by atoms with E-state index in [4.69, 9.17) is 0 Å². The van der Waals surface area contributed by atoms with E-state index in [9.17, 15) is 13.8 Å². The molecule has 0 saturated heterocycles. The zero-order valence-corrected chi connectivity index (χ0v) is 12.4. The van der Waals surface area contributed by atoms with Gasteiger partial charge in [-0.05, 0) is 37.1 Å². The van der Waals surface area contributed by atoms with Gasteiger partial charge in [-0.2, -0.15) is 0 Å². The van der Waals surface area contributed by atoms with E-state index in [1.165, 1.54) is 0 Å². The maximum atomic E-state index is 12.1. The molecule has 0 aliphatic carbocycles. The standard InChI is InChI=1S/C14H18N2O3S/c1-9(5-6-20(2)19)15-14(18)10-3-4-12-11(7-10)8-13(17)16-12/h3-4,7,9H,5-6,8H2,1-2H3,(H,15,18)(H,16,17). The first-order valence-corrected chi connectivity index (χ1v) is 8.22. The van der Waals surface area contributed by atoms with Crippen LogP contribution >= 0.6 is 0 Å². The highest BCUT2D eigenvalue weighted by Gasteiger charge is 2.19. The molecule has 2 rings (SSSR count). The van der Waals surface area contributed by atoms with Gasteiger partial charge < -0.3 is 10.6 Å². The number of fused-ring (bicyclic) bond motifs is 1. The Morgan fingerprint density at radius 1 is 1.50 bits per heavy atom. The van der Waals surface area contributed by atoms with E-state index in [2.05, 4.69) is 10.6 Å². The maximum absolute atomic E-state index is 12.1. The largest absolute Gasteiger partial charge is 0.350 e. The van der Waals surface area contributed by atoms with E-state index < -0.39 is 10.8 Å². The molecule has 0 radical (unpaired) electrons. The van der Waals surface area contributed by atoms with Gasteiger partial charge in [0.25, 0.3) is 5.91 Å². The minimum Gasteiger partial charge on any atom is -0.350 e. The summed E-state index contributed by atoms with van der Waals surface area (Å²) in [4.78, 5) is 23.4. The molecular formula is C14H18N2O3S. The Morgan fingerprint density at radius 2 is 2.25 bits per heavy atom. The monoisotopic (exact) mass is 294 g/mol. The van der Waals surface area contributed by atoms with E-state index in [0.717, 1.165) is 11.3 Å².